The van der Waals surface area contributed by atoms with Gasteiger partial charge in [-0.05, 0) is 70.1 Å². The summed E-state index contributed by atoms with van der Waals surface area (Å²) in [5.74, 6) is 0.496. The van der Waals surface area contributed by atoms with E-state index < -0.39 is 5.82 Å². The standard InChI is InChI=1S/C24H17FINO3S2/c1-29-20-11-16(10-19(26)22(20)30-14-15-6-3-2-4-7-15)12-21-23(28)27(24(31)32-21)18-9-5-8-17(25)13-18/h2-13H,14H2,1H3/b21-12-. The largest absolute Gasteiger partial charge is 0.493 e. The molecule has 1 fully saturated rings. The molecule has 1 aliphatic rings. The predicted octanol–water partition coefficient (Wildman–Crippen LogP) is 6.42. The zero-order valence-electron chi connectivity index (χ0n) is 16.9. The minimum absolute atomic E-state index is 0.288. The molecule has 0 N–H and O–H groups in total. The number of benzene rings is 3. The number of ether oxygens (including phenoxy) is 2. The van der Waals surface area contributed by atoms with Gasteiger partial charge in [0.15, 0.2) is 15.8 Å². The Labute approximate surface area is 208 Å². The van der Waals surface area contributed by atoms with E-state index in [9.17, 15) is 9.18 Å². The fourth-order valence-electron chi connectivity index (χ4n) is 3.15. The van der Waals surface area contributed by atoms with Crippen molar-refractivity contribution in [3.8, 4) is 11.5 Å². The molecule has 0 radical (unpaired) electrons. The van der Waals surface area contributed by atoms with Crippen molar-refractivity contribution in [3.63, 3.8) is 0 Å². The highest BCUT2D eigenvalue weighted by Gasteiger charge is 2.33. The molecule has 0 atom stereocenters. The molecule has 8 heteroatoms. The summed E-state index contributed by atoms with van der Waals surface area (Å²) >= 11 is 8.74. The number of anilines is 1. The van der Waals surface area contributed by atoms with Crippen LogP contribution in [-0.4, -0.2) is 17.3 Å². The van der Waals surface area contributed by atoms with Crippen molar-refractivity contribution in [2.45, 2.75) is 6.61 Å². The Morgan fingerprint density at radius 3 is 2.62 bits per heavy atom. The van der Waals surface area contributed by atoms with Gasteiger partial charge >= 0.3 is 0 Å². The Kier molecular flexibility index (Phi) is 7.12. The van der Waals surface area contributed by atoms with Crippen LogP contribution >= 0.6 is 46.6 Å². The van der Waals surface area contributed by atoms with Crippen LogP contribution in [0.2, 0.25) is 0 Å². The maximum Gasteiger partial charge on any atom is 0.270 e. The lowest BCUT2D eigenvalue weighted by atomic mass is 10.1. The Hall–Kier alpha value is -2.43. The van der Waals surface area contributed by atoms with Gasteiger partial charge in [-0.25, -0.2) is 4.39 Å². The molecule has 3 aromatic carbocycles. The molecule has 4 rings (SSSR count). The molecule has 1 aliphatic heterocycles. The van der Waals surface area contributed by atoms with Crippen LogP contribution in [0.4, 0.5) is 10.1 Å². The third-order valence-electron chi connectivity index (χ3n) is 4.64. The number of carbonyl (C=O) groups excluding carboxylic acids is 1. The van der Waals surface area contributed by atoms with Crippen LogP contribution < -0.4 is 14.4 Å². The quantitative estimate of drug-likeness (QED) is 0.192. The van der Waals surface area contributed by atoms with Crippen molar-refractivity contribution >= 4 is 68.6 Å². The molecule has 4 nitrogen and oxygen atoms in total. The maximum atomic E-state index is 13.6. The minimum Gasteiger partial charge on any atom is -0.493 e. The molecule has 1 amide bonds. The minimum atomic E-state index is -0.425. The average molecular weight is 577 g/mol. The number of thiocarbonyl (C=S) groups is 1. The van der Waals surface area contributed by atoms with Crippen molar-refractivity contribution in [2.75, 3.05) is 12.0 Å². The number of nitrogens with zero attached hydrogens (tertiary/aromatic N) is 1. The Bertz CT molecular complexity index is 1220. The van der Waals surface area contributed by atoms with Gasteiger partial charge in [0.05, 0.1) is 21.3 Å². The highest BCUT2D eigenvalue weighted by atomic mass is 127. The highest BCUT2D eigenvalue weighted by molar-refractivity contribution is 14.1. The Morgan fingerprint density at radius 1 is 1.12 bits per heavy atom. The topological polar surface area (TPSA) is 38.8 Å². The summed E-state index contributed by atoms with van der Waals surface area (Å²) in [6, 6.07) is 19.4. The normalized spacial score (nSPS) is 14.8. The van der Waals surface area contributed by atoms with Crippen LogP contribution in [0.25, 0.3) is 6.08 Å². The third kappa shape index (κ3) is 4.97. The van der Waals surface area contributed by atoms with Gasteiger partial charge in [-0.3, -0.25) is 9.69 Å². The van der Waals surface area contributed by atoms with Crippen molar-refractivity contribution in [1.29, 1.82) is 0 Å². The molecule has 0 aliphatic carbocycles. The number of thioether (sulfide) groups is 1. The van der Waals surface area contributed by atoms with E-state index in [1.165, 1.54) is 28.8 Å². The van der Waals surface area contributed by atoms with E-state index in [1.807, 2.05) is 42.5 Å². The zero-order valence-corrected chi connectivity index (χ0v) is 20.7. The van der Waals surface area contributed by atoms with Crippen LogP contribution in [0.5, 0.6) is 11.5 Å². The second-order valence-corrected chi connectivity index (χ2v) is 9.64. The van der Waals surface area contributed by atoms with E-state index in [0.29, 0.717) is 33.0 Å². The van der Waals surface area contributed by atoms with Gasteiger partial charge in [0.2, 0.25) is 0 Å². The number of hydrogen-bond acceptors (Lipinski definition) is 5. The average Bonchev–Trinajstić information content (AvgIpc) is 3.06. The number of carbonyl (C=O) groups is 1. The summed E-state index contributed by atoms with van der Waals surface area (Å²) in [4.78, 5) is 14.8. The fourth-order valence-corrected chi connectivity index (χ4v) is 5.23. The highest BCUT2D eigenvalue weighted by Crippen LogP contribution is 2.39. The van der Waals surface area contributed by atoms with Gasteiger partial charge in [-0.1, -0.05) is 60.4 Å². The predicted molar refractivity (Wildman–Crippen MR) is 139 cm³/mol. The first-order chi connectivity index (χ1) is 15.5. The van der Waals surface area contributed by atoms with Gasteiger partial charge in [0.1, 0.15) is 12.4 Å². The molecule has 1 heterocycles. The first-order valence-corrected chi connectivity index (χ1v) is 11.8. The number of hydrogen-bond donors (Lipinski definition) is 0. The van der Waals surface area contributed by atoms with E-state index in [4.69, 9.17) is 21.7 Å². The van der Waals surface area contributed by atoms with Crippen molar-refractivity contribution < 1.29 is 18.7 Å². The Morgan fingerprint density at radius 2 is 1.91 bits per heavy atom. The first-order valence-electron chi connectivity index (χ1n) is 9.54. The van der Waals surface area contributed by atoms with E-state index in [0.717, 1.165) is 14.7 Å². The van der Waals surface area contributed by atoms with Crippen LogP contribution in [0.1, 0.15) is 11.1 Å². The van der Waals surface area contributed by atoms with Crippen molar-refractivity contribution in [3.05, 3.63) is 92.1 Å². The van der Waals surface area contributed by atoms with E-state index >= 15 is 0 Å². The van der Waals surface area contributed by atoms with E-state index in [-0.39, 0.29) is 5.91 Å². The lowest BCUT2D eigenvalue weighted by Gasteiger charge is -2.14. The molecule has 0 saturated carbocycles. The van der Waals surface area contributed by atoms with E-state index in [1.54, 1.807) is 25.3 Å². The van der Waals surface area contributed by atoms with Gasteiger partial charge in [0.25, 0.3) is 5.91 Å². The molecule has 3 aromatic rings. The zero-order chi connectivity index (χ0) is 22.7. The van der Waals surface area contributed by atoms with Crippen molar-refractivity contribution in [2.24, 2.45) is 0 Å². The summed E-state index contributed by atoms with van der Waals surface area (Å²) < 4.78 is 26.4. The summed E-state index contributed by atoms with van der Waals surface area (Å²) in [6.07, 6.45) is 1.75. The molecular weight excluding hydrogens is 560 g/mol. The smallest absolute Gasteiger partial charge is 0.270 e. The van der Waals surface area contributed by atoms with Crippen LogP contribution in [0, 0.1) is 9.39 Å². The molecule has 0 aromatic heterocycles. The van der Waals surface area contributed by atoms with Crippen LogP contribution in [-0.2, 0) is 11.4 Å². The van der Waals surface area contributed by atoms with Crippen LogP contribution in [0.15, 0.2) is 71.6 Å². The third-order valence-corrected chi connectivity index (χ3v) is 6.74. The van der Waals surface area contributed by atoms with E-state index in [2.05, 4.69) is 22.6 Å². The lowest BCUT2D eigenvalue weighted by Crippen LogP contribution is -2.27. The summed E-state index contributed by atoms with van der Waals surface area (Å²) in [7, 11) is 1.58. The van der Waals surface area contributed by atoms with Crippen LogP contribution in [0.3, 0.4) is 0 Å². The monoisotopic (exact) mass is 577 g/mol. The molecule has 32 heavy (non-hydrogen) atoms. The molecule has 162 valence electrons. The number of halogens is 2. The van der Waals surface area contributed by atoms with Gasteiger partial charge in [-0.15, -0.1) is 0 Å². The maximum absolute atomic E-state index is 13.6. The molecule has 0 bridgehead atoms. The second kappa shape index (κ2) is 10.0. The van der Waals surface area contributed by atoms with Gasteiger partial charge in [-0.2, -0.15) is 0 Å². The second-order valence-electron chi connectivity index (χ2n) is 6.81. The SMILES string of the molecule is COc1cc(/C=C2\SC(=S)N(c3cccc(F)c3)C2=O)cc(I)c1OCc1ccccc1. The van der Waals surface area contributed by atoms with Gasteiger partial charge < -0.3 is 9.47 Å². The summed E-state index contributed by atoms with van der Waals surface area (Å²) in [5, 5.41) is 0. The summed E-state index contributed by atoms with van der Waals surface area (Å²) in [6.45, 7) is 0.416. The molecule has 0 spiro atoms. The fraction of sp³-hybridized carbons (Fsp3) is 0.0833. The number of amides is 1. The molecule has 1 saturated heterocycles. The first kappa shape index (κ1) is 22.8. The Balaban J connectivity index is 1.59. The summed E-state index contributed by atoms with van der Waals surface area (Å²) in [5.41, 5.74) is 2.24. The number of methoxy groups -OCH3 is 1. The van der Waals surface area contributed by atoms with Crippen molar-refractivity contribution in [1.82, 2.24) is 0 Å². The lowest BCUT2D eigenvalue weighted by molar-refractivity contribution is -0.113. The number of rotatable bonds is 6. The molecule has 0 unspecified atom stereocenters. The molecular formula is C24H17FINO3S2. The van der Waals surface area contributed by atoms with Gasteiger partial charge in [0, 0.05) is 0 Å².